The summed E-state index contributed by atoms with van der Waals surface area (Å²) in [6.07, 6.45) is 0. The maximum atomic E-state index is 13.3. The summed E-state index contributed by atoms with van der Waals surface area (Å²) in [6.45, 7) is 3.41. The minimum atomic E-state index is -1.82. The smallest absolute Gasteiger partial charge is 0.414 e. The number of para-hydroxylation sites is 1. The van der Waals surface area contributed by atoms with Gasteiger partial charge in [0.25, 0.3) is 5.91 Å². The first-order chi connectivity index (χ1) is 15.3. The molecule has 0 atom stereocenters. The Balaban J connectivity index is 0.000000534. The van der Waals surface area contributed by atoms with Crippen LogP contribution in [0.4, 0.5) is 4.39 Å². The number of amides is 1. The van der Waals surface area contributed by atoms with Gasteiger partial charge in [0, 0.05) is 32.7 Å². The second kappa shape index (κ2) is 11.7. The minimum Gasteiger partial charge on any atom is -0.493 e. The van der Waals surface area contributed by atoms with Gasteiger partial charge in [-0.25, -0.2) is 14.0 Å². The number of benzene rings is 2. The van der Waals surface area contributed by atoms with Gasteiger partial charge in [0.05, 0.1) is 19.8 Å². The molecular formula is C22H25FN2O7. The molecule has 9 nitrogen and oxygen atoms in total. The summed E-state index contributed by atoms with van der Waals surface area (Å²) in [5.74, 6) is -2.93. The lowest BCUT2D eigenvalue weighted by molar-refractivity contribution is -0.159. The topological polar surface area (TPSA) is 117 Å². The van der Waals surface area contributed by atoms with E-state index in [1.54, 1.807) is 37.4 Å². The predicted octanol–water partition coefficient (Wildman–Crippen LogP) is 1.96. The first-order valence-corrected chi connectivity index (χ1v) is 9.70. The van der Waals surface area contributed by atoms with E-state index in [4.69, 9.17) is 29.3 Å². The highest BCUT2D eigenvalue weighted by Gasteiger charge is 2.25. The molecule has 172 valence electrons. The zero-order valence-corrected chi connectivity index (χ0v) is 17.8. The fourth-order valence-corrected chi connectivity index (χ4v) is 3.23. The third-order valence-electron chi connectivity index (χ3n) is 4.77. The van der Waals surface area contributed by atoms with Crippen LogP contribution in [-0.2, 0) is 16.1 Å². The van der Waals surface area contributed by atoms with E-state index in [0.29, 0.717) is 36.7 Å². The molecule has 0 saturated carbocycles. The molecule has 1 fully saturated rings. The molecular weight excluding hydrogens is 423 g/mol. The number of aliphatic carboxylic acids is 2. The van der Waals surface area contributed by atoms with Crippen LogP contribution in [0, 0.1) is 5.82 Å². The van der Waals surface area contributed by atoms with Gasteiger partial charge in [-0.1, -0.05) is 18.2 Å². The van der Waals surface area contributed by atoms with Crippen LogP contribution in [-0.4, -0.2) is 78.3 Å². The fourth-order valence-electron chi connectivity index (χ4n) is 3.23. The molecule has 2 N–H and O–H groups in total. The highest BCUT2D eigenvalue weighted by atomic mass is 19.1. The first kappa shape index (κ1) is 24.6. The largest absolute Gasteiger partial charge is 0.493 e. The number of methoxy groups -OCH3 is 2. The van der Waals surface area contributed by atoms with E-state index < -0.39 is 11.9 Å². The zero-order valence-electron chi connectivity index (χ0n) is 17.8. The first-order valence-electron chi connectivity index (χ1n) is 9.70. The lowest BCUT2D eigenvalue weighted by Crippen LogP contribution is -2.48. The van der Waals surface area contributed by atoms with Crippen LogP contribution >= 0.6 is 0 Å². The number of rotatable bonds is 5. The summed E-state index contributed by atoms with van der Waals surface area (Å²) < 4.78 is 24.0. The average molecular weight is 448 g/mol. The van der Waals surface area contributed by atoms with Gasteiger partial charge >= 0.3 is 11.9 Å². The predicted molar refractivity (Wildman–Crippen MR) is 112 cm³/mol. The van der Waals surface area contributed by atoms with Crippen molar-refractivity contribution in [2.75, 3.05) is 40.4 Å². The molecule has 0 unspecified atom stereocenters. The van der Waals surface area contributed by atoms with Crippen LogP contribution in [0.5, 0.6) is 11.5 Å². The van der Waals surface area contributed by atoms with Crippen molar-refractivity contribution in [3.05, 3.63) is 59.4 Å². The molecule has 3 rings (SSSR count). The van der Waals surface area contributed by atoms with E-state index in [-0.39, 0.29) is 11.7 Å². The number of carbonyl (C=O) groups is 3. The van der Waals surface area contributed by atoms with Crippen LogP contribution in [0.2, 0.25) is 0 Å². The number of hydrogen-bond acceptors (Lipinski definition) is 6. The second-order valence-corrected chi connectivity index (χ2v) is 6.85. The van der Waals surface area contributed by atoms with E-state index in [1.165, 1.54) is 13.2 Å². The number of carboxylic acid groups (broad SMARTS) is 2. The third-order valence-corrected chi connectivity index (χ3v) is 4.77. The molecule has 10 heteroatoms. The maximum absolute atomic E-state index is 13.3. The molecule has 1 amide bonds. The number of carboxylic acids is 2. The standard InChI is InChI=1S/C20H23FN2O3.C2H2O4/c1-25-18-8-4-7-17(19(18)26-2)20(24)23-11-9-22(10-12-23)14-15-5-3-6-16(21)13-15;3-1(4)2(5)6/h3-8,13H,9-12,14H2,1-2H3;(H,3,4)(H,5,6). The minimum absolute atomic E-state index is 0.0637. The number of carbonyl (C=O) groups excluding carboxylic acids is 1. The number of piperazine rings is 1. The summed E-state index contributed by atoms with van der Waals surface area (Å²) in [5, 5.41) is 14.8. The highest BCUT2D eigenvalue weighted by molar-refractivity contribution is 6.27. The van der Waals surface area contributed by atoms with Gasteiger partial charge in [-0.3, -0.25) is 9.69 Å². The highest BCUT2D eigenvalue weighted by Crippen LogP contribution is 2.31. The number of halogens is 1. The van der Waals surface area contributed by atoms with Gasteiger partial charge in [0.15, 0.2) is 11.5 Å². The van der Waals surface area contributed by atoms with E-state index in [9.17, 15) is 9.18 Å². The van der Waals surface area contributed by atoms with Gasteiger partial charge in [0.2, 0.25) is 0 Å². The second-order valence-electron chi connectivity index (χ2n) is 6.85. The molecule has 0 radical (unpaired) electrons. The molecule has 0 bridgehead atoms. The third kappa shape index (κ3) is 6.67. The fraction of sp³-hybridized carbons (Fsp3) is 0.318. The van der Waals surface area contributed by atoms with Crippen molar-refractivity contribution in [3.63, 3.8) is 0 Å². The van der Waals surface area contributed by atoms with Crippen LogP contribution in [0.25, 0.3) is 0 Å². The molecule has 0 aliphatic carbocycles. The number of hydrogen-bond donors (Lipinski definition) is 2. The molecule has 2 aromatic rings. The van der Waals surface area contributed by atoms with Crippen LogP contribution in [0.3, 0.4) is 0 Å². The van der Waals surface area contributed by atoms with Crippen molar-refractivity contribution in [2.24, 2.45) is 0 Å². The van der Waals surface area contributed by atoms with Crippen molar-refractivity contribution in [1.82, 2.24) is 9.80 Å². The summed E-state index contributed by atoms with van der Waals surface area (Å²) in [6, 6.07) is 12.0. The SMILES string of the molecule is COc1cccc(C(=O)N2CCN(Cc3cccc(F)c3)CC2)c1OC.O=C(O)C(=O)O. The maximum Gasteiger partial charge on any atom is 0.414 e. The summed E-state index contributed by atoms with van der Waals surface area (Å²) >= 11 is 0. The summed E-state index contributed by atoms with van der Waals surface area (Å²) in [5.41, 5.74) is 1.45. The van der Waals surface area contributed by atoms with E-state index >= 15 is 0 Å². The number of nitrogens with zero attached hydrogens (tertiary/aromatic N) is 2. The van der Waals surface area contributed by atoms with Gasteiger partial charge in [-0.2, -0.15) is 0 Å². The molecule has 2 aromatic carbocycles. The van der Waals surface area contributed by atoms with Crippen LogP contribution in [0.15, 0.2) is 42.5 Å². The Morgan fingerprint density at radius 2 is 1.56 bits per heavy atom. The number of ether oxygens (including phenoxy) is 2. The summed E-state index contributed by atoms with van der Waals surface area (Å²) in [4.78, 5) is 35.1. The van der Waals surface area contributed by atoms with Crippen molar-refractivity contribution in [3.8, 4) is 11.5 Å². The normalized spacial score (nSPS) is 13.5. The molecule has 0 spiro atoms. The Kier molecular flexibility index (Phi) is 8.96. The van der Waals surface area contributed by atoms with E-state index in [1.807, 2.05) is 11.0 Å². The molecule has 1 saturated heterocycles. The van der Waals surface area contributed by atoms with Crippen molar-refractivity contribution in [1.29, 1.82) is 0 Å². The van der Waals surface area contributed by atoms with Gasteiger partial charge in [-0.05, 0) is 29.8 Å². The van der Waals surface area contributed by atoms with Gasteiger partial charge in [0.1, 0.15) is 5.82 Å². The van der Waals surface area contributed by atoms with Crippen LogP contribution in [0.1, 0.15) is 15.9 Å². The molecule has 0 aromatic heterocycles. The van der Waals surface area contributed by atoms with Gasteiger partial charge < -0.3 is 24.6 Å². The lowest BCUT2D eigenvalue weighted by Gasteiger charge is -2.35. The lowest BCUT2D eigenvalue weighted by atomic mass is 10.1. The molecule has 1 heterocycles. The Morgan fingerprint density at radius 1 is 0.938 bits per heavy atom. The van der Waals surface area contributed by atoms with Crippen molar-refractivity contribution in [2.45, 2.75) is 6.54 Å². The Hall–Kier alpha value is -3.66. The Labute approximate surface area is 184 Å². The van der Waals surface area contributed by atoms with E-state index in [2.05, 4.69) is 4.90 Å². The Morgan fingerprint density at radius 3 is 2.09 bits per heavy atom. The Bertz CT molecular complexity index is 947. The monoisotopic (exact) mass is 448 g/mol. The summed E-state index contributed by atoms with van der Waals surface area (Å²) in [7, 11) is 3.09. The van der Waals surface area contributed by atoms with Gasteiger partial charge in [-0.15, -0.1) is 0 Å². The quantitative estimate of drug-likeness (QED) is 0.667. The van der Waals surface area contributed by atoms with Crippen molar-refractivity contribution >= 4 is 17.8 Å². The zero-order chi connectivity index (χ0) is 23.7. The molecule has 1 aliphatic rings. The average Bonchev–Trinajstić information content (AvgIpc) is 2.78. The van der Waals surface area contributed by atoms with Crippen molar-refractivity contribution < 1.29 is 38.5 Å². The van der Waals surface area contributed by atoms with E-state index in [0.717, 1.165) is 18.7 Å². The molecule has 1 aliphatic heterocycles. The van der Waals surface area contributed by atoms with Crippen LogP contribution < -0.4 is 9.47 Å². The molecule has 32 heavy (non-hydrogen) atoms.